The Labute approximate surface area is 145 Å². The maximum absolute atomic E-state index is 12.1. The molecule has 1 fully saturated rings. The molecule has 6 nitrogen and oxygen atoms in total. The first-order valence-electron chi connectivity index (χ1n) is 8.28. The zero-order chi connectivity index (χ0) is 17.6. The van der Waals surface area contributed by atoms with Crippen LogP contribution in [0.3, 0.4) is 0 Å². The van der Waals surface area contributed by atoms with Crippen LogP contribution in [-0.4, -0.2) is 16.5 Å². The lowest BCUT2D eigenvalue weighted by Crippen LogP contribution is -2.22. The summed E-state index contributed by atoms with van der Waals surface area (Å²) in [7, 11) is 0. The molecule has 0 radical (unpaired) electrons. The number of hydrazone groups is 1. The summed E-state index contributed by atoms with van der Waals surface area (Å²) in [5.74, 6) is 0.106. The molecule has 0 saturated heterocycles. The van der Waals surface area contributed by atoms with Crippen molar-refractivity contribution in [3.05, 3.63) is 75.8 Å². The summed E-state index contributed by atoms with van der Waals surface area (Å²) < 4.78 is 0. The molecule has 0 atom stereocenters. The number of nitrogens with one attached hydrogen (secondary N) is 1. The van der Waals surface area contributed by atoms with Crippen LogP contribution in [0.25, 0.3) is 0 Å². The van der Waals surface area contributed by atoms with E-state index in [1.807, 2.05) is 6.07 Å². The van der Waals surface area contributed by atoms with Crippen molar-refractivity contribution >= 4 is 17.3 Å². The first-order valence-corrected chi connectivity index (χ1v) is 8.28. The number of hydrogen-bond acceptors (Lipinski definition) is 4. The molecular weight excluding hydrogens is 318 g/mol. The summed E-state index contributed by atoms with van der Waals surface area (Å²) in [5, 5.41) is 15.0. The van der Waals surface area contributed by atoms with Gasteiger partial charge in [-0.25, -0.2) is 5.43 Å². The third kappa shape index (κ3) is 4.29. The summed E-state index contributed by atoms with van der Waals surface area (Å²) in [6.07, 6.45) is 3.70. The lowest BCUT2D eigenvalue weighted by Gasteiger charge is -2.23. The van der Waals surface area contributed by atoms with Crippen LogP contribution in [-0.2, 0) is 0 Å². The first-order chi connectivity index (χ1) is 12.1. The highest BCUT2D eigenvalue weighted by atomic mass is 16.6. The molecule has 2 aromatic rings. The van der Waals surface area contributed by atoms with Gasteiger partial charge >= 0.3 is 0 Å². The summed E-state index contributed by atoms with van der Waals surface area (Å²) in [6.45, 7) is 0. The van der Waals surface area contributed by atoms with Crippen molar-refractivity contribution in [3.8, 4) is 0 Å². The molecule has 1 aliphatic carbocycles. The predicted molar refractivity (Wildman–Crippen MR) is 95.6 cm³/mol. The Morgan fingerprint density at radius 2 is 1.80 bits per heavy atom. The molecule has 0 heterocycles. The van der Waals surface area contributed by atoms with Crippen LogP contribution in [0.1, 0.15) is 47.5 Å². The highest BCUT2D eigenvalue weighted by Crippen LogP contribution is 2.31. The van der Waals surface area contributed by atoms with Crippen molar-refractivity contribution in [2.24, 2.45) is 5.10 Å². The van der Waals surface area contributed by atoms with Gasteiger partial charge in [0.15, 0.2) is 0 Å². The molecule has 0 aromatic heterocycles. The number of hydrogen-bond donors (Lipinski definition) is 1. The number of carbonyl (C=O) groups excluding carboxylic acids is 1. The molecule has 25 heavy (non-hydrogen) atoms. The van der Waals surface area contributed by atoms with E-state index in [-0.39, 0.29) is 11.3 Å². The summed E-state index contributed by atoms with van der Waals surface area (Å²) in [5.41, 5.74) is 4.95. The van der Waals surface area contributed by atoms with Gasteiger partial charge in [0.05, 0.1) is 4.92 Å². The molecule has 2 aromatic carbocycles. The Bertz CT molecular complexity index is 793. The second-order valence-electron chi connectivity index (χ2n) is 6.11. The van der Waals surface area contributed by atoms with Crippen molar-refractivity contribution in [2.75, 3.05) is 0 Å². The largest absolute Gasteiger partial charge is 0.271 e. The fraction of sp³-hybridized carbons (Fsp3) is 0.263. The molecule has 1 aliphatic rings. The van der Waals surface area contributed by atoms with Crippen molar-refractivity contribution in [2.45, 2.75) is 31.6 Å². The number of nitrogens with zero attached hydrogens (tertiary/aromatic N) is 2. The van der Waals surface area contributed by atoms with E-state index in [0.29, 0.717) is 5.92 Å². The zero-order valence-electron chi connectivity index (χ0n) is 13.7. The van der Waals surface area contributed by atoms with Gasteiger partial charge in [-0.3, -0.25) is 14.9 Å². The Balaban J connectivity index is 1.57. The molecule has 1 N–H and O–H groups in total. The van der Waals surface area contributed by atoms with Crippen LogP contribution in [0.2, 0.25) is 0 Å². The zero-order valence-corrected chi connectivity index (χ0v) is 13.7. The lowest BCUT2D eigenvalue weighted by molar-refractivity contribution is -0.384. The second kappa shape index (κ2) is 7.70. The van der Waals surface area contributed by atoms with Gasteiger partial charge in [0.25, 0.3) is 11.6 Å². The van der Waals surface area contributed by atoms with Gasteiger partial charge in [0, 0.05) is 23.4 Å². The minimum Gasteiger partial charge on any atom is -0.267 e. The average molecular weight is 337 g/mol. The molecule has 6 heteroatoms. The van der Waals surface area contributed by atoms with E-state index >= 15 is 0 Å². The molecular formula is C19H19N3O3. The van der Waals surface area contributed by atoms with Gasteiger partial charge in [-0.15, -0.1) is 0 Å². The minimum atomic E-state index is -0.520. The molecule has 0 bridgehead atoms. The Hall–Kier alpha value is -3.02. The van der Waals surface area contributed by atoms with E-state index in [2.05, 4.69) is 34.8 Å². The number of nitro groups is 1. The van der Waals surface area contributed by atoms with Gasteiger partial charge in [-0.1, -0.05) is 36.4 Å². The van der Waals surface area contributed by atoms with Gasteiger partial charge in [-0.05, 0) is 43.2 Å². The minimum absolute atomic E-state index is 0.108. The topological polar surface area (TPSA) is 84.6 Å². The van der Waals surface area contributed by atoms with E-state index in [1.165, 1.54) is 29.8 Å². The van der Waals surface area contributed by atoms with Crippen LogP contribution in [0.5, 0.6) is 0 Å². The Morgan fingerprint density at radius 1 is 1.08 bits per heavy atom. The number of benzene rings is 2. The fourth-order valence-electron chi connectivity index (χ4n) is 3.08. The molecule has 1 amide bonds. The van der Waals surface area contributed by atoms with E-state index < -0.39 is 10.8 Å². The van der Waals surface area contributed by atoms with Gasteiger partial charge < -0.3 is 0 Å². The van der Waals surface area contributed by atoms with E-state index in [4.69, 9.17) is 0 Å². The standard InChI is InChI=1S/C19H19N3O3/c23-19(16-7-4-8-18(13-16)22(24)25)21-20-17-11-9-15(10-12-17)14-5-2-1-3-6-14/h1-8,13,15H,9-12H2,(H,21,23). The SMILES string of the molecule is O=C(NN=C1CCC(c2ccccc2)CC1)c1cccc([N+](=O)[O-])c1. The van der Waals surface area contributed by atoms with Crippen molar-refractivity contribution in [1.29, 1.82) is 0 Å². The molecule has 0 unspecified atom stereocenters. The van der Waals surface area contributed by atoms with Crippen LogP contribution in [0.15, 0.2) is 59.7 Å². The van der Waals surface area contributed by atoms with Crippen LogP contribution >= 0.6 is 0 Å². The fourth-order valence-corrected chi connectivity index (χ4v) is 3.08. The summed E-state index contributed by atoms with van der Waals surface area (Å²) >= 11 is 0. The molecule has 0 spiro atoms. The van der Waals surface area contributed by atoms with E-state index in [0.717, 1.165) is 31.4 Å². The van der Waals surface area contributed by atoms with Gasteiger partial charge in [-0.2, -0.15) is 5.10 Å². The van der Waals surface area contributed by atoms with Crippen LogP contribution in [0, 0.1) is 10.1 Å². The third-order valence-corrected chi connectivity index (χ3v) is 4.47. The van der Waals surface area contributed by atoms with Gasteiger partial charge in [0.2, 0.25) is 0 Å². The number of carbonyl (C=O) groups is 1. The molecule has 3 rings (SSSR count). The number of rotatable bonds is 4. The Morgan fingerprint density at radius 3 is 2.48 bits per heavy atom. The first kappa shape index (κ1) is 16.8. The molecule has 0 aliphatic heterocycles. The lowest BCUT2D eigenvalue weighted by atomic mass is 9.83. The van der Waals surface area contributed by atoms with E-state index in [1.54, 1.807) is 0 Å². The highest BCUT2D eigenvalue weighted by Gasteiger charge is 2.19. The highest BCUT2D eigenvalue weighted by molar-refractivity contribution is 5.96. The maximum atomic E-state index is 12.1. The smallest absolute Gasteiger partial charge is 0.267 e. The van der Waals surface area contributed by atoms with Crippen molar-refractivity contribution in [3.63, 3.8) is 0 Å². The Kier molecular flexibility index (Phi) is 5.18. The number of nitro benzene ring substituents is 1. The van der Waals surface area contributed by atoms with Gasteiger partial charge in [0.1, 0.15) is 0 Å². The van der Waals surface area contributed by atoms with Crippen molar-refractivity contribution < 1.29 is 9.72 Å². The third-order valence-electron chi connectivity index (χ3n) is 4.47. The normalized spacial score (nSPS) is 17.0. The van der Waals surface area contributed by atoms with Crippen LogP contribution in [0.4, 0.5) is 5.69 Å². The number of amides is 1. The summed E-state index contributed by atoms with van der Waals surface area (Å²) in [6, 6.07) is 16.1. The van der Waals surface area contributed by atoms with E-state index in [9.17, 15) is 14.9 Å². The quantitative estimate of drug-likeness (QED) is 0.675. The molecule has 1 saturated carbocycles. The van der Waals surface area contributed by atoms with Crippen LogP contribution < -0.4 is 5.43 Å². The maximum Gasteiger partial charge on any atom is 0.271 e. The average Bonchev–Trinajstić information content (AvgIpc) is 2.67. The second-order valence-corrected chi connectivity index (χ2v) is 6.11. The molecule has 128 valence electrons. The number of non-ortho nitro benzene ring substituents is 1. The van der Waals surface area contributed by atoms with Crippen molar-refractivity contribution in [1.82, 2.24) is 5.43 Å². The predicted octanol–water partition coefficient (Wildman–Crippen LogP) is 4.04. The monoisotopic (exact) mass is 337 g/mol. The summed E-state index contributed by atoms with van der Waals surface area (Å²) in [4.78, 5) is 22.4.